The minimum Gasteiger partial charge on any atom is -0.507 e. The minimum atomic E-state index is -3.15. The molecule has 0 aliphatic carbocycles. The number of halogens is 2. The molecule has 1 aliphatic heterocycles. The predicted octanol–water partition coefficient (Wildman–Crippen LogP) is 5.04. The smallest absolute Gasteiger partial charge is 0.336 e. The molecule has 1 fully saturated rings. The fraction of sp³-hybridized carbons (Fsp3) is 0.138. The Morgan fingerprint density at radius 3 is 2.55 bits per heavy atom. The van der Waals surface area contributed by atoms with E-state index in [0.29, 0.717) is 27.2 Å². The molecule has 0 bridgehead atoms. The van der Waals surface area contributed by atoms with Crippen molar-refractivity contribution in [1.29, 1.82) is 0 Å². The van der Waals surface area contributed by atoms with Gasteiger partial charge in [0, 0.05) is 41.4 Å². The van der Waals surface area contributed by atoms with Gasteiger partial charge < -0.3 is 15.2 Å². The van der Waals surface area contributed by atoms with E-state index in [-0.39, 0.29) is 11.1 Å². The Labute approximate surface area is 215 Å². The average Bonchev–Trinajstić information content (AvgIpc) is 3.34. The standard InChI is InChI=1S/C29H20F2N2O5/c30-29(31)11-13-33(25(35)16-29)27(36)21-9-5-17(14-24(21)34)4-6-19-2-1-3-22(28(37)38)26(19)20-8-7-18-10-12-32-23(18)15-20/h1-3,5,7-10,12,14-15,32,34H,11,13,16H2,(H,37,38). The van der Waals surface area contributed by atoms with Gasteiger partial charge in [0.2, 0.25) is 5.91 Å². The van der Waals surface area contributed by atoms with Crippen LogP contribution < -0.4 is 0 Å². The highest BCUT2D eigenvalue weighted by Crippen LogP contribution is 2.32. The number of likely N-dealkylation sites (tertiary alicyclic amines) is 1. The summed E-state index contributed by atoms with van der Waals surface area (Å²) in [6.07, 6.45) is 0.0938. The topological polar surface area (TPSA) is 111 Å². The maximum atomic E-state index is 13.5. The number of piperidine rings is 1. The number of carboxylic acids is 1. The van der Waals surface area contributed by atoms with Crippen molar-refractivity contribution < 1.29 is 33.4 Å². The molecular formula is C29H20F2N2O5. The first-order chi connectivity index (χ1) is 18.1. The van der Waals surface area contributed by atoms with Crippen molar-refractivity contribution >= 4 is 28.7 Å². The van der Waals surface area contributed by atoms with E-state index >= 15 is 0 Å². The van der Waals surface area contributed by atoms with Crippen LogP contribution >= 0.6 is 0 Å². The van der Waals surface area contributed by atoms with Crippen molar-refractivity contribution in [3.8, 4) is 28.7 Å². The van der Waals surface area contributed by atoms with Crippen LogP contribution in [0.5, 0.6) is 5.75 Å². The van der Waals surface area contributed by atoms with Crippen LogP contribution in [0.1, 0.15) is 44.7 Å². The van der Waals surface area contributed by atoms with Gasteiger partial charge in [0.05, 0.1) is 17.5 Å². The summed E-state index contributed by atoms with van der Waals surface area (Å²) in [4.78, 5) is 40.5. The molecule has 2 heterocycles. The summed E-state index contributed by atoms with van der Waals surface area (Å²) < 4.78 is 26.9. The molecular weight excluding hydrogens is 494 g/mol. The highest BCUT2D eigenvalue weighted by molar-refractivity contribution is 6.06. The first-order valence-corrected chi connectivity index (χ1v) is 11.6. The number of aromatic amines is 1. The fourth-order valence-electron chi connectivity index (χ4n) is 4.44. The highest BCUT2D eigenvalue weighted by atomic mass is 19.3. The lowest BCUT2D eigenvalue weighted by Gasteiger charge is -2.30. The number of carboxylic acid groups (broad SMARTS) is 1. The number of benzene rings is 3. The zero-order valence-electron chi connectivity index (χ0n) is 19.8. The molecule has 1 saturated heterocycles. The van der Waals surface area contributed by atoms with E-state index in [9.17, 15) is 33.4 Å². The van der Waals surface area contributed by atoms with Crippen LogP contribution in [0.4, 0.5) is 8.78 Å². The molecule has 1 aliphatic rings. The highest BCUT2D eigenvalue weighted by Gasteiger charge is 2.41. The Morgan fingerprint density at radius 2 is 1.82 bits per heavy atom. The van der Waals surface area contributed by atoms with Gasteiger partial charge in [-0.05, 0) is 53.4 Å². The number of phenolic OH excluding ortho intramolecular Hbond substituents is 1. The summed E-state index contributed by atoms with van der Waals surface area (Å²) in [5, 5.41) is 21.2. The van der Waals surface area contributed by atoms with Gasteiger partial charge in [0.15, 0.2) is 0 Å². The number of hydrogen-bond donors (Lipinski definition) is 3. The molecule has 3 N–H and O–H groups in total. The van der Waals surface area contributed by atoms with Gasteiger partial charge in [0.25, 0.3) is 11.8 Å². The molecule has 190 valence electrons. The van der Waals surface area contributed by atoms with Crippen molar-refractivity contribution in [3.05, 3.63) is 89.1 Å². The maximum absolute atomic E-state index is 13.5. The number of phenols is 1. The van der Waals surface area contributed by atoms with Crippen molar-refractivity contribution in [2.75, 3.05) is 6.54 Å². The number of rotatable bonds is 3. The Kier molecular flexibility index (Phi) is 6.17. The molecule has 0 atom stereocenters. The molecule has 7 nitrogen and oxygen atoms in total. The third kappa shape index (κ3) is 4.72. The number of aromatic carboxylic acids is 1. The normalized spacial score (nSPS) is 14.7. The third-order valence-electron chi connectivity index (χ3n) is 6.37. The number of fused-ring (bicyclic) bond motifs is 1. The molecule has 1 aromatic heterocycles. The van der Waals surface area contributed by atoms with Gasteiger partial charge >= 0.3 is 5.97 Å². The third-order valence-corrected chi connectivity index (χ3v) is 6.37. The van der Waals surface area contributed by atoms with Gasteiger partial charge in [-0.3, -0.25) is 14.5 Å². The second-order valence-electron chi connectivity index (χ2n) is 8.93. The number of amides is 2. The largest absolute Gasteiger partial charge is 0.507 e. The second-order valence-corrected chi connectivity index (χ2v) is 8.93. The van der Waals surface area contributed by atoms with Crippen molar-refractivity contribution in [2.45, 2.75) is 18.8 Å². The van der Waals surface area contributed by atoms with Crippen molar-refractivity contribution in [1.82, 2.24) is 9.88 Å². The average molecular weight is 514 g/mol. The van der Waals surface area contributed by atoms with Crippen LogP contribution in [-0.2, 0) is 4.79 Å². The Hall–Kier alpha value is -4.97. The minimum absolute atomic E-state index is 0.0725. The summed E-state index contributed by atoms with van der Waals surface area (Å²) in [5.74, 6) is -0.756. The summed E-state index contributed by atoms with van der Waals surface area (Å²) in [6.45, 7) is -0.442. The molecule has 3 aromatic carbocycles. The zero-order chi connectivity index (χ0) is 27.0. The van der Waals surface area contributed by atoms with Crippen LogP contribution in [0.15, 0.2) is 66.9 Å². The van der Waals surface area contributed by atoms with E-state index in [0.717, 1.165) is 10.9 Å². The van der Waals surface area contributed by atoms with E-state index in [1.54, 1.807) is 18.3 Å². The second kappa shape index (κ2) is 9.48. The number of imide groups is 1. The number of aromatic nitrogens is 1. The number of carbonyl (C=O) groups is 3. The van der Waals surface area contributed by atoms with Crippen molar-refractivity contribution in [2.24, 2.45) is 0 Å². The first-order valence-electron chi connectivity index (χ1n) is 11.6. The van der Waals surface area contributed by atoms with Crippen molar-refractivity contribution in [3.63, 3.8) is 0 Å². The molecule has 9 heteroatoms. The zero-order valence-corrected chi connectivity index (χ0v) is 19.8. The van der Waals surface area contributed by atoms with Crippen LogP contribution in [0, 0.1) is 11.8 Å². The van der Waals surface area contributed by atoms with E-state index < -0.39 is 48.8 Å². The molecule has 0 unspecified atom stereocenters. The number of H-pyrrole nitrogens is 1. The Morgan fingerprint density at radius 1 is 1.00 bits per heavy atom. The van der Waals surface area contributed by atoms with Gasteiger partial charge in [-0.15, -0.1) is 0 Å². The molecule has 0 spiro atoms. The summed E-state index contributed by atoms with van der Waals surface area (Å²) in [5.41, 5.74) is 2.55. The number of carbonyl (C=O) groups excluding carboxylic acids is 2. The lowest BCUT2D eigenvalue weighted by molar-refractivity contribution is -0.143. The van der Waals surface area contributed by atoms with Gasteiger partial charge in [-0.25, -0.2) is 13.6 Å². The number of alkyl halides is 2. The first kappa shape index (κ1) is 24.7. The van der Waals surface area contributed by atoms with E-state index in [1.165, 1.54) is 24.3 Å². The SMILES string of the molecule is O=C(O)c1cccc(C#Cc2ccc(C(=O)N3CCC(F)(F)CC3=O)c(O)c2)c1-c1ccc2cc[nH]c2c1. The monoisotopic (exact) mass is 514 g/mol. The Bertz CT molecular complexity index is 1680. The fourth-order valence-corrected chi connectivity index (χ4v) is 4.44. The van der Waals surface area contributed by atoms with E-state index in [4.69, 9.17) is 0 Å². The quantitative estimate of drug-likeness (QED) is 0.262. The summed E-state index contributed by atoms with van der Waals surface area (Å²) >= 11 is 0. The molecule has 4 aromatic rings. The van der Waals surface area contributed by atoms with Crippen LogP contribution in [0.25, 0.3) is 22.0 Å². The summed E-state index contributed by atoms with van der Waals surface area (Å²) in [7, 11) is 0. The number of nitrogens with one attached hydrogen (secondary N) is 1. The van der Waals surface area contributed by atoms with Gasteiger partial charge in [-0.2, -0.15) is 0 Å². The van der Waals surface area contributed by atoms with Gasteiger partial charge in [-0.1, -0.05) is 30.0 Å². The van der Waals surface area contributed by atoms with Crippen LogP contribution in [0.3, 0.4) is 0 Å². The van der Waals surface area contributed by atoms with Crippen LogP contribution in [-0.4, -0.2) is 50.3 Å². The summed E-state index contributed by atoms with van der Waals surface area (Å²) in [6, 6.07) is 16.1. The molecule has 38 heavy (non-hydrogen) atoms. The van der Waals surface area contributed by atoms with E-state index in [1.807, 2.05) is 24.3 Å². The van der Waals surface area contributed by atoms with E-state index in [2.05, 4.69) is 16.8 Å². The van der Waals surface area contributed by atoms with Crippen LogP contribution in [0.2, 0.25) is 0 Å². The Balaban J connectivity index is 1.47. The number of nitrogens with zero attached hydrogens (tertiary/aromatic N) is 1. The molecule has 2 amide bonds. The molecule has 0 saturated carbocycles. The number of aromatic hydroxyl groups is 1. The maximum Gasteiger partial charge on any atom is 0.336 e. The predicted molar refractivity (Wildman–Crippen MR) is 135 cm³/mol. The number of hydrogen-bond acceptors (Lipinski definition) is 4. The molecule has 5 rings (SSSR count). The molecule has 0 radical (unpaired) electrons. The van der Waals surface area contributed by atoms with Gasteiger partial charge in [0.1, 0.15) is 5.75 Å². The lowest BCUT2D eigenvalue weighted by Crippen LogP contribution is -2.46. The lowest BCUT2D eigenvalue weighted by atomic mass is 9.93.